The van der Waals surface area contributed by atoms with Crippen LogP contribution in [0.4, 0.5) is 5.69 Å². The summed E-state index contributed by atoms with van der Waals surface area (Å²) < 4.78 is 5.47. The van der Waals surface area contributed by atoms with Crippen LogP contribution in [-0.4, -0.2) is 36.2 Å². The van der Waals surface area contributed by atoms with Gasteiger partial charge in [0.15, 0.2) is 6.10 Å². The highest BCUT2D eigenvalue weighted by Gasteiger charge is 2.38. The predicted octanol–water partition coefficient (Wildman–Crippen LogP) is 4.77. The first-order valence-corrected chi connectivity index (χ1v) is 10.3. The molecule has 1 aliphatic heterocycles. The number of hydrogen-bond acceptors (Lipinski definition) is 4. The number of ketones is 1. The zero-order valence-corrected chi connectivity index (χ0v) is 17.6. The van der Waals surface area contributed by atoms with E-state index in [2.05, 4.69) is 0 Å². The average molecular weight is 455 g/mol. The van der Waals surface area contributed by atoms with Gasteiger partial charge < -0.3 is 9.64 Å². The lowest BCUT2D eigenvalue weighted by Crippen LogP contribution is -2.32. The number of nitrogens with zero attached hydrogens (tertiary/aromatic N) is 1. The van der Waals surface area contributed by atoms with Gasteiger partial charge in [-0.1, -0.05) is 35.3 Å². The normalized spacial score (nSPS) is 17.3. The zero-order chi connectivity index (χ0) is 21.0. The van der Waals surface area contributed by atoms with Gasteiger partial charge in [-0.3, -0.25) is 14.4 Å². The summed E-state index contributed by atoms with van der Waals surface area (Å²) in [5, 5.41) is 0.921. The molecule has 0 aromatic heterocycles. The van der Waals surface area contributed by atoms with Gasteiger partial charge >= 0.3 is 5.97 Å². The van der Waals surface area contributed by atoms with Gasteiger partial charge in [-0.15, -0.1) is 11.6 Å². The minimum absolute atomic E-state index is 0.00716. The molecule has 152 valence electrons. The monoisotopic (exact) mass is 453 g/mol. The minimum Gasteiger partial charge on any atom is -0.454 e. The molecular formula is C21H18Cl3NO4. The standard InChI is InChI=1S/C21H18Cl3NO4/c22-10-9-18(20(27)13-5-7-15(23)8-6-13)29-21(28)14-11-19(26)25(12-14)17-4-2-1-3-16(17)24/h1-8,14,18H,9-12H2/t14-,18+/m0/s1. The van der Waals surface area contributed by atoms with Crippen molar-refractivity contribution in [2.24, 2.45) is 5.92 Å². The smallest absolute Gasteiger partial charge is 0.312 e. The number of Topliss-reactive ketones (excluding diaryl/α,β-unsaturated/α-hetero) is 1. The fourth-order valence-corrected chi connectivity index (χ4v) is 3.71. The summed E-state index contributed by atoms with van der Waals surface area (Å²) in [6.45, 7) is 0.143. The molecule has 3 rings (SSSR count). The maximum atomic E-state index is 12.7. The molecule has 1 aliphatic rings. The Morgan fingerprint density at radius 3 is 2.45 bits per heavy atom. The number of ether oxygens (including phenoxy) is 1. The molecule has 0 aliphatic carbocycles. The van der Waals surface area contributed by atoms with Gasteiger partial charge in [0.05, 0.1) is 16.6 Å². The number of hydrogen-bond donors (Lipinski definition) is 0. The van der Waals surface area contributed by atoms with E-state index in [0.717, 1.165) is 0 Å². The third-order valence-electron chi connectivity index (χ3n) is 4.65. The van der Waals surface area contributed by atoms with Crippen LogP contribution in [0.3, 0.4) is 0 Å². The van der Waals surface area contributed by atoms with E-state index in [1.165, 1.54) is 4.90 Å². The summed E-state index contributed by atoms with van der Waals surface area (Å²) >= 11 is 17.8. The lowest BCUT2D eigenvalue weighted by atomic mass is 10.0. The van der Waals surface area contributed by atoms with Gasteiger partial charge in [0.25, 0.3) is 0 Å². The molecule has 0 unspecified atom stereocenters. The number of carbonyl (C=O) groups is 3. The van der Waals surface area contributed by atoms with Gasteiger partial charge in [0.2, 0.25) is 11.7 Å². The van der Waals surface area contributed by atoms with Crippen molar-refractivity contribution in [3.05, 3.63) is 64.1 Å². The van der Waals surface area contributed by atoms with Crippen molar-refractivity contribution in [2.45, 2.75) is 18.9 Å². The van der Waals surface area contributed by atoms with Crippen LogP contribution in [0, 0.1) is 5.92 Å². The molecule has 2 aromatic carbocycles. The van der Waals surface area contributed by atoms with Gasteiger partial charge in [-0.2, -0.15) is 0 Å². The maximum Gasteiger partial charge on any atom is 0.312 e. The number of amides is 1. The number of anilines is 1. The van der Waals surface area contributed by atoms with Crippen molar-refractivity contribution in [3.63, 3.8) is 0 Å². The Kier molecular flexibility index (Phi) is 7.17. The average Bonchev–Trinajstić information content (AvgIpc) is 3.09. The van der Waals surface area contributed by atoms with E-state index in [9.17, 15) is 14.4 Å². The molecule has 1 fully saturated rings. The number of carbonyl (C=O) groups excluding carboxylic acids is 3. The highest BCUT2D eigenvalue weighted by Crippen LogP contribution is 2.31. The van der Waals surface area contributed by atoms with Crippen LogP contribution >= 0.6 is 34.8 Å². The maximum absolute atomic E-state index is 12.7. The number of para-hydroxylation sites is 1. The Hall–Kier alpha value is -2.08. The van der Waals surface area contributed by atoms with E-state index in [4.69, 9.17) is 39.5 Å². The molecule has 0 spiro atoms. The number of benzene rings is 2. The summed E-state index contributed by atoms with van der Waals surface area (Å²) in [7, 11) is 0. The van der Waals surface area contributed by atoms with E-state index in [1.54, 1.807) is 48.5 Å². The van der Waals surface area contributed by atoms with Crippen molar-refractivity contribution >= 4 is 58.1 Å². The van der Waals surface area contributed by atoms with Crippen LogP contribution < -0.4 is 4.90 Å². The number of halogens is 3. The lowest BCUT2D eigenvalue weighted by Gasteiger charge is -2.20. The summed E-state index contributed by atoms with van der Waals surface area (Å²) in [4.78, 5) is 39.3. The first-order valence-electron chi connectivity index (χ1n) is 9.02. The predicted molar refractivity (Wildman–Crippen MR) is 113 cm³/mol. The van der Waals surface area contributed by atoms with Crippen molar-refractivity contribution in [1.29, 1.82) is 0 Å². The van der Waals surface area contributed by atoms with Gasteiger partial charge in [0.1, 0.15) is 0 Å². The first kappa shape index (κ1) is 21.6. The Labute approximate surface area is 183 Å². The van der Waals surface area contributed by atoms with Crippen LogP contribution in [0.1, 0.15) is 23.2 Å². The van der Waals surface area contributed by atoms with Crippen molar-refractivity contribution in [2.75, 3.05) is 17.3 Å². The topological polar surface area (TPSA) is 63.7 Å². The van der Waals surface area contributed by atoms with Gasteiger partial charge in [-0.25, -0.2) is 0 Å². The van der Waals surface area contributed by atoms with Crippen molar-refractivity contribution < 1.29 is 19.1 Å². The van der Waals surface area contributed by atoms with Crippen LogP contribution in [0.2, 0.25) is 10.0 Å². The Morgan fingerprint density at radius 2 is 1.79 bits per heavy atom. The summed E-state index contributed by atoms with van der Waals surface area (Å²) in [5.41, 5.74) is 0.918. The van der Waals surface area contributed by atoms with Crippen molar-refractivity contribution in [3.8, 4) is 0 Å². The second kappa shape index (κ2) is 9.61. The van der Waals surface area contributed by atoms with Crippen LogP contribution in [-0.2, 0) is 14.3 Å². The number of esters is 1. The van der Waals surface area contributed by atoms with Crippen LogP contribution in [0.15, 0.2) is 48.5 Å². The molecule has 1 heterocycles. The van der Waals surface area contributed by atoms with E-state index >= 15 is 0 Å². The second-order valence-electron chi connectivity index (χ2n) is 6.63. The molecule has 0 radical (unpaired) electrons. The molecule has 2 aromatic rings. The summed E-state index contributed by atoms with van der Waals surface area (Å²) in [6, 6.07) is 13.2. The van der Waals surface area contributed by atoms with Gasteiger partial charge in [-0.05, 0) is 36.4 Å². The Balaban J connectivity index is 1.70. The number of rotatable bonds is 7. The molecule has 0 saturated carbocycles. The summed E-state index contributed by atoms with van der Waals surface area (Å²) in [6.07, 6.45) is -0.859. The van der Waals surface area contributed by atoms with E-state index < -0.39 is 18.0 Å². The Morgan fingerprint density at radius 1 is 1.10 bits per heavy atom. The minimum atomic E-state index is -1.02. The van der Waals surface area contributed by atoms with Crippen LogP contribution in [0.5, 0.6) is 0 Å². The van der Waals surface area contributed by atoms with E-state index in [1.807, 2.05) is 0 Å². The Bertz CT molecular complexity index is 916. The molecule has 0 N–H and O–H groups in total. The molecule has 0 bridgehead atoms. The van der Waals surface area contributed by atoms with Crippen molar-refractivity contribution in [1.82, 2.24) is 0 Å². The lowest BCUT2D eigenvalue weighted by molar-refractivity contribution is -0.151. The molecule has 1 amide bonds. The quantitative estimate of drug-likeness (QED) is 0.343. The molecule has 29 heavy (non-hydrogen) atoms. The highest BCUT2D eigenvalue weighted by molar-refractivity contribution is 6.34. The first-order chi connectivity index (χ1) is 13.9. The number of alkyl halides is 1. The van der Waals surface area contributed by atoms with Gasteiger partial charge in [0, 0.05) is 35.9 Å². The molecular weight excluding hydrogens is 437 g/mol. The molecule has 8 heteroatoms. The molecule has 2 atom stereocenters. The molecule has 1 saturated heterocycles. The SMILES string of the molecule is O=C(O[C@H](CCCl)C(=O)c1ccc(Cl)cc1)[C@H]1CC(=O)N(c2ccccc2Cl)C1. The fourth-order valence-electron chi connectivity index (χ4n) is 3.15. The third kappa shape index (κ3) is 5.10. The second-order valence-corrected chi connectivity index (χ2v) is 7.85. The summed E-state index contributed by atoms with van der Waals surface area (Å²) in [5.74, 6) is -1.73. The largest absolute Gasteiger partial charge is 0.454 e. The van der Waals surface area contributed by atoms with Crippen LogP contribution in [0.25, 0.3) is 0 Å². The van der Waals surface area contributed by atoms with E-state index in [-0.39, 0.29) is 37.0 Å². The fraction of sp³-hybridized carbons (Fsp3) is 0.286. The zero-order valence-electron chi connectivity index (χ0n) is 15.3. The van der Waals surface area contributed by atoms with E-state index in [0.29, 0.717) is 21.3 Å². The highest BCUT2D eigenvalue weighted by atomic mass is 35.5. The third-order valence-corrected chi connectivity index (χ3v) is 5.44. The molecule has 5 nitrogen and oxygen atoms in total.